The molecule has 188 valence electrons. The highest BCUT2D eigenvalue weighted by Gasteiger charge is 2.44. The average molecular weight is 506 g/mol. The summed E-state index contributed by atoms with van der Waals surface area (Å²) in [6.07, 6.45) is -1.49. The van der Waals surface area contributed by atoms with Crippen molar-refractivity contribution in [1.29, 1.82) is 0 Å². The Bertz CT molecular complexity index is 1470. The lowest BCUT2D eigenvalue weighted by Crippen LogP contribution is -2.39. The van der Waals surface area contributed by atoms with Gasteiger partial charge in [0.05, 0.1) is 23.1 Å². The van der Waals surface area contributed by atoms with Crippen LogP contribution in [0.1, 0.15) is 24.0 Å². The first kappa shape index (κ1) is 24.1. The molecule has 1 aliphatic rings. The predicted molar refractivity (Wildman–Crippen MR) is 131 cm³/mol. The number of phenols is 1. The van der Waals surface area contributed by atoms with E-state index in [-0.39, 0.29) is 34.9 Å². The first-order valence-corrected chi connectivity index (χ1v) is 11.4. The van der Waals surface area contributed by atoms with Crippen molar-refractivity contribution in [2.75, 3.05) is 16.3 Å². The van der Waals surface area contributed by atoms with Crippen LogP contribution in [0.5, 0.6) is 5.75 Å². The van der Waals surface area contributed by atoms with E-state index < -0.39 is 29.5 Å². The molecule has 0 bridgehead atoms. The molecular formula is C27H21F3N4O3. The van der Waals surface area contributed by atoms with Gasteiger partial charge in [0, 0.05) is 29.6 Å². The minimum atomic E-state index is -4.66. The molecule has 7 nitrogen and oxygen atoms in total. The van der Waals surface area contributed by atoms with Gasteiger partial charge in [0.2, 0.25) is 11.8 Å². The molecule has 4 aromatic rings. The minimum Gasteiger partial charge on any atom is -0.508 e. The van der Waals surface area contributed by atoms with Crippen molar-refractivity contribution < 1.29 is 27.9 Å². The molecule has 2 N–H and O–H groups in total. The molecule has 37 heavy (non-hydrogen) atoms. The van der Waals surface area contributed by atoms with Gasteiger partial charge in [-0.15, -0.1) is 0 Å². The Morgan fingerprint density at radius 2 is 1.70 bits per heavy atom. The number of aromatic hydroxyl groups is 1. The van der Waals surface area contributed by atoms with Crippen LogP contribution in [0.3, 0.4) is 0 Å². The predicted octanol–water partition coefficient (Wildman–Crippen LogP) is 5.62. The number of nitrogens with one attached hydrogen (secondary N) is 1. The van der Waals surface area contributed by atoms with Crippen molar-refractivity contribution >= 4 is 28.9 Å². The second-order valence-corrected chi connectivity index (χ2v) is 8.49. The summed E-state index contributed by atoms with van der Waals surface area (Å²) in [5.41, 5.74) is 0.718. The summed E-state index contributed by atoms with van der Waals surface area (Å²) >= 11 is 0. The van der Waals surface area contributed by atoms with Crippen molar-refractivity contribution in [3.63, 3.8) is 0 Å². The number of hydrogen-bond acceptors (Lipinski definition) is 4. The lowest BCUT2D eigenvalue weighted by Gasteiger charge is -2.26. The summed E-state index contributed by atoms with van der Waals surface area (Å²) in [6.45, 7) is 1.76. The molecule has 0 aliphatic carbocycles. The Morgan fingerprint density at radius 1 is 0.946 bits per heavy atom. The number of para-hydroxylation sites is 1. The van der Waals surface area contributed by atoms with Gasteiger partial charge in [0.1, 0.15) is 11.7 Å². The van der Waals surface area contributed by atoms with Gasteiger partial charge in [0.15, 0.2) is 0 Å². The fourth-order valence-electron chi connectivity index (χ4n) is 4.54. The van der Waals surface area contributed by atoms with Crippen LogP contribution in [0.25, 0.3) is 11.1 Å². The van der Waals surface area contributed by atoms with Crippen LogP contribution in [0.4, 0.5) is 30.2 Å². The van der Waals surface area contributed by atoms with E-state index in [1.165, 1.54) is 23.1 Å². The van der Waals surface area contributed by atoms with Crippen LogP contribution in [0, 0.1) is 0 Å². The van der Waals surface area contributed by atoms with E-state index in [1.807, 2.05) is 0 Å². The highest BCUT2D eigenvalue weighted by atomic mass is 19.4. The zero-order valence-corrected chi connectivity index (χ0v) is 19.5. The summed E-state index contributed by atoms with van der Waals surface area (Å²) in [7, 11) is 0. The van der Waals surface area contributed by atoms with Crippen LogP contribution >= 0.6 is 0 Å². The van der Waals surface area contributed by atoms with Crippen LogP contribution in [0.15, 0.2) is 79.1 Å². The Hall–Kier alpha value is -4.60. The van der Waals surface area contributed by atoms with Gasteiger partial charge in [-0.25, -0.2) is 0 Å². The molecule has 1 atom stereocenters. The number of likely N-dealkylation sites (N-methyl/N-ethyl adjacent to an activating group) is 1. The van der Waals surface area contributed by atoms with Crippen molar-refractivity contribution in [1.82, 2.24) is 10.2 Å². The molecule has 10 heteroatoms. The lowest BCUT2D eigenvalue weighted by molar-refractivity contribution is -0.137. The van der Waals surface area contributed by atoms with Crippen molar-refractivity contribution in [3.05, 3.63) is 90.3 Å². The molecule has 3 aromatic carbocycles. The number of aromatic nitrogens is 2. The monoisotopic (exact) mass is 506 g/mol. The molecule has 0 fully saturated rings. The van der Waals surface area contributed by atoms with Gasteiger partial charge in [-0.2, -0.15) is 18.3 Å². The van der Waals surface area contributed by atoms with Crippen LogP contribution in [-0.2, 0) is 15.8 Å². The molecule has 1 unspecified atom stereocenters. The largest absolute Gasteiger partial charge is 0.508 e. The summed E-state index contributed by atoms with van der Waals surface area (Å²) in [4.78, 5) is 30.4. The molecule has 1 aliphatic heterocycles. The molecule has 5 rings (SSSR count). The second kappa shape index (κ2) is 9.12. The summed E-state index contributed by atoms with van der Waals surface area (Å²) in [5.74, 6) is -3.25. The number of nitrogens with zero attached hydrogens (tertiary/aromatic N) is 3. The van der Waals surface area contributed by atoms with Crippen molar-refractivity contribution in [2.24, 2.45) is 0 Å². The fraction of sp³-hybridized carbons (Fsp3) is 0.148. The van der Waals surface area contributed by atoms with Gasteiger partial charge in [-0.1, -0.05) is 24.3 Å². The van der Waals surface area contributed by atoms with Crippen molar-refractivity contribution in [2.45, 2.75) is 19.0 Å². The van der Waals surface area contributed by atoms with Gasteiger partial charge in [0.25, 0.3) is 0 Å². The third kappa shape index (κ3) is 4.20. The average Bonchev–Trinajstić information content (AvgIpc) is 3.39. The highest BCUT2D eigenvalue weighted by Crippen LogP contribution is 2.45. The fourth-order valence-corrected chi connectivity index (χ4v) is 4.54. The summed E-state index contributed by atoms with van der Waals surface area (Å²) in [5, 5.41) is 17.4. The van der Waals surface area contributed by atoms with Gasteiger partial charge in [-0.3, -0.25) is 19.6 Å². The van der Waals surface area contributed by atoms with E-state index in [4.69, 9.17) is 0 Å². The SMILES string of the molecule is CCN1C(=O)C(c2cc(-c3cn[nH]c3)ccc2O)C(=O)N(c2ccccc2)c2cc(C(F)(F)F)ccc21. The number of carbonyl (C=O) groups is 2. The first-order valence-electron chi connectivity index (χ1n) is 11.4. The second-order valence-electron chi connectivity index (χ2n) is 8.49. The first-order chi connectivity index (χ1) is 17.7. The zero-order valence-electron chi connectivity index (χ0n) is 19.5. The molecule has 0 radical (unpaired) electrons. The number of rotatable bonds is 4. The van der Waals surface area contributed by atoms with E-state index in [1.54, 1.807) is 55.7 Å². The Balaban J connectivity index is 1.76. The van der Waals surface area contributed by atoms with Crippen molar-refractivity contribution in [3.8, 4) is 16.9 Å². The topological polar surface area (TPSA) is 89.5 Å². The van der Waals surface area contributed by atoms with Crippen LogP contribution in [-0.4, -0.2) is 33.7 Å². The summed E-state index contributed by atoms with van der Waals surface area (Å²) < 4.78 is 41.1. The number of anilines is 3. The minimum absolute atomic E-state index is 0.0388. The maximum atomic E-state index is 14.2. The number of carbonyl (C=O) groups excluding carboxylic acids is 2. The number of hydrogen-bond donors (Lipinski definition) is 2. The molecule has 0 saturated heterocycles. The van der Waals surface area contributed by atoms with Crippen LogP contribution < -0.4 is 9.80 Å². The number of phenolic OH excluding ortho intramolecular Hbond substituents is 1. The van der Waals surface area contributed by atoms with E-state index in [9.17, 15) is 27.9 Å². The van der Waals surface area contributed by atoms with Gasteiger partial charge < -0.3 is 10.0 Å². The Kier molecular flexibility index (Phi) is 5.94. The molecular weight excluding hydrogens is 485 g/mol. The van der Waals surface area contributed by atoms with E-state index in [0.29, 0.717) is 11.1 Å². The van der Waals surface area contributed by atoms with E-state index in [2.05, 4.69) is 10.2 Å². The molecule has 2 amide bonds. The Labute approximate surface area is 209 Å². The van der Waals surface area contributed by atoms with Crippen LogP contribution in [0.2, 0.25) is 0 Å². The molecule has 1 aromatic heterocycles. The molecule has 0 saturated carbocycles. The molecule has 2 heterocycles. The number of fused-ring (bicyclic) bond motifs is 1. The Morgan fingerprint density at radius 3 is 2.35 bits per heavy atom. The zero-order chi connectivity index (χ0) is 26.3. The number of alkyl halides is 3. The third-order valence-corrected chi connectivity index (χ3v) is 6.32. The van der Waals surface area contributed by atoms with E-state index >= 15 is 0 Å². The number of H-pyrrole nitrogens is 1. The lowest BCUT2D eigenvalue weighted by atomic mass is 9.92. The number of aromatic amines is 1. The number of halogens is 3. The van der Waals surface area contributed by atoms with Gasteiger partial charge >= 0.3 is 6.18 Å². The third-order valence-electron chi connectivity index (χ3n) is 6.32. The maximum absolute atomic E-state index is 14.2. The summed E-state index contributed by atoms with van der Waals surface area (Å²) in [6, 6.07) is 15.6. The number of benzene rings is 3. The van der Waals surface area contributed by atoms with Gasteiger partial charge in [-0.05, 0) is 55.0 Å². The number of amides is 2. The quantitative estimate of drug-likeness (QED) is 0.352. The smallest absolute Gasteiger partial charge is 0.416 e. The normalized spacial score (nSPS) is 16.1. The van der Waals surface area contributed by atoms with E-state index in [0.717, 1.165) is 17.0 Å². The highest BCUT2D eigenvalue weighted by molar-refractivity contribution is 6.23. The maximum Gasteiger partial charge on any atom is 0.416 e. The molecule has 0 spiro atoms. The standard InChI is InChI=1S/C27H21F3N4O3/c1-2-33-21-10-9-18(27(28,29)30)13-22(21)34(19-6-4-3-5-7-19)26(37)24(25(33)36)20-12-16(8-11-23(20)35)17-14-31-32-15-17/h3-15,24,35H,2H2,1H3,(H,31,32).